The molecule has 0 spiro atoms. The van der Waals surface area contributed by atoms with E-state index < -0.39 is 0 Å². The van der Waals surface area contributed by atoms with Crippen molar-refractivity contribution in [3.8, 4) is 0 Å². The highest BCUT2D eigenvalue weighted by Gasteiger charge is 2.16. The van der Waals surface area contributed by atoms with Gasteiger partial charge in [-0.1, -0.05) is 6.92 Å². The normalized spacial score (nSPS) is 18.5. The van der Waals surface area contributed by atoms with Crippen molar-refractivity contribution in [1.29, 1.82) is 0 Å². The Kier molecular flexibility index (Phi) is 6.88. The molecule has 1 fully saturated rings. The number of ether oxygens (including phenoxy) is 1. The van der Waals surface area contributed by atoms with Crippen LogP contribution in [0.2, 0.25) is 0 Å². The van der Waals surface area contributed by atoms with Crippen LogP contribution in [-0.4, -0.2) is 48.6 Å². The summed E-state index contributed by atoms with van der Waals surface area (Å²) in [6, 6.07) is 0. The van der Waals surface area contributed by atoms with Crippen LogP contribution in [0.5, 0.6) is 0 Å². The first-order chi connectivity index (χ1) is 7.74. The first kappa shape index (κ1) is 13.8. The Morgan fingerprint density at radius 2 is 2.06 bits per heavy atom. The van der Waals surface area contributed by atoms with E-state index in [1.165, 1.54) is 19.3 Å². The molecule has 1 atom stereocenters. The Morgan fingerprint density at radius 1 is 1.38 bits per heavy atom. The van der Waals surface area contributed by atoms with E-state index in [0.29, 0.717) is 17.6 Å². The number of piperidine rings is 1. The fraction of sp³-hybridized carbons (Fsp3) is 0.917. The number of hydrogen-bond donors (Lipinski definition) is 0. The van der Waals surface area contributed by atoms with Gasteiger partial charge in [-0.25, -0.2) is 0 Å². The van der Waals surface area contributed by atoms with Crippen molar-refractivity contribution in [2.45, 2.75) is 37.9 Å². The van der Waals surface area contributed by atoms with E-state index >= 15 is 0 Å². The number of amides is 1. The van der Waals surface area contributed by atoms with Gasteiger partial charge in [0.25, 0.3) is 0 Å². The largest absolute Gasteiger partial charge is 0.384 e. The van der Waals surface area contributed by atoms with Crippen molar-refractivity contribution in [1.82, 2.24) is 4.90 Å². The number of methoxy groups -OCH3 is 1. The predicted octanol–water partition coefficient (Wildman–Crippen LogP) is 2.16. The maximum absolute atomic E-state index is 11.8. The third kappa shape index (κ3) is 5.21. The second-order valence-corrected chi connectivity index (χ2v) is 5.87. The van der Waals surface area contributed by atoms with Crippen LogP contribution in [0.15, 0.2) is 0 Å². The highest BCUT2D eigenvalue weighted by atomic mass is 32.2. The number of nitrogens with zero attached hydrogens (tertiary/aromatic N) is 1. The minimum atomic E-state index is 0.330. The molecule has 3 nitrogen and oxygen atoms in total. The Hall–Kier alpha value is -0.220. The molecular weight excluding hydrogens is 222 g/mol. The van der Waals surface area contributed by atoms with Crippen LogP contribution in [-0.2, 0) is 9.53 Å². The van der Waals surface area contributed by atoms with Gasteiger partial charge in [-0.2, -0.15) is 11.8 Å². The molecule has 1 aliphatic heterocycles. The SMILES string of the molecule is COCC(C)SCCC(=O)N1CCCCC1. The monoisotopic (exact) mass is 245 g/mol. The molecule has 0 bridgehead atoms. The first-order valence-corrected chi connectivity index (χ1v) is 7.17. The highest BCUT2D eigenvalue weighted by Crippen LogP contribution is 2.14. The molecule has 0 aromatic carbocycles. The second-order valence-electron chi connectivity index (χ2n) is 4.33. The zero-order chi connectivity index (χ0) is 11.8. The summed E-state index contributed by atoms with van der Waals surface area (Å²) in [5.41, 5.74) is 0. The number of rotatable bonds is 6. The van der Waals surface area contributed by atoms with E-state index in [-0.39, 0.29) is 0 Å². The van der Waals surface area contributed by atoms with Crippen molar-refractivity contribution in [3.63, 3.8) is 0 Å². The van der Waals surface area contributed by atoms with Gasteiger partial charge in [0.1, 0.15) is 0 Å². The molecule has 0 saturated carbocycles. The zero-order valence-corrected chi connectivity index (χ0v) is 11.2. The molecule has 0 aromatic rings. The molecule has 0 aliphatic carbocycles. The fourth-order valence-corrected chi connectivity index (χ4v) is 2.86. The second kappa shape index (κ2) is 7.96. The summed E-state index contributed by atoms with van der Waals surface area (Å²) < 4.78 is 5.06. The van der Waals surface area contributed by atoms with Crippen LogP contribution in [0, 0.1) is 0 Å². The van der Waals surface area contributed by atoms with Gasteiger partial charge in [-0.3, -0.25) is 4.79 Å². The van der Waals surface area contributed by atoms with Gasteiger partial charge in [0.2, 0.25) is 5.91 Å². The Morgan fingerprint density at radius 3 is 2.69 bits per heavy atom. The first-order valence-electron chi connectivity index (χ1n) is 6.12. The molecule has 0 aromatic heterocycles. The lowest BCUT2D eigenvalue weighted by atomic mass is 10.1. The minimum absolute atomic E-state index is 0.330. The van der Waals surface area contributed by atoms with E-state index in [9.17, 15) is 4.79 Å². The van der Waals surface area contributed by atoms with Gasteiger partial charge >= 0.3 is 0 Å². The molecule has 1 heterocycles. The van der Waals surface area contributed by atoms with Gasteiger partial charge in [0.15, 0.2) is 0 Å². The molecule has 1 unspecified atom stereocenters. The summed E-state index contributed by atoms with van der Waals surface area (Å²) in [5.74, 6) is 1.25. The summed E-state index contributed by atoms with van der Waals surface area (Å²) in [6.07, 6.45) is 4.32. The molecule has 4 heteroatoms. The summed E-state index contributed by atoms with van der Waals surface area (Å²) in [7, 11) is 1.72. The van der Waals surface area contributed by atoms with Crippen molar-refractivity contribution in [2.75, 3.05) is 32.6 Å². The third-order valence-corrected chi connectivity index (χ3v) is 3.97. The standard InChI is InChI=1S/C12H23NO2S/c1-11(10-15-2)16-9-6-12(14)13-7-4-3-5-8-13/h11H,3-10H2,1-2H3. The predicted molar refractivity (Wildman–Crippen MR) is 68.8 cm³/mol. The van der Waals surface area contributed by atoms with E-state index in [1.807, 2.05) is 16.7 Å². The lowest BCUT2D eigenvalue weighted by molar-refractivity contribution is -0.131. The molecule has 1 saturated heterocycles. The van der Waals surface area contributed by atoms with Crippen LogP contribution >= 0.6 is 11.8 Å². The lowest BCUT2D eigenvalue weighted by Gasteiger charge is -2.26. The summed E-state index contributed by atoms with van der Waals surface area (Å²) >= 11 is 1.82. The molecule has 1 aliphatic rings. The molecular formula is C12H23NO2S. The fourth-order valence-electron chi connectivity index (χ4n) is 1.93. The van der Waals surface area contributed by atoms with E-state index in [2.05, 4.69) is 6.92 Å². The van der Waals surface area contributed by atoms with Gasteiger partial charge in [-0.15, -0.1) is 0 Å². The zero-order valence-electron chi connectivity index (χ0n) is 10.4. The van der Waals surface area contributed by atoms with Crippen LogP contribution < -0.4 is 0 Å². The topological polar surface area (TPSA) is 29.5 Å². The van der Waals surface area contributed by atoms with E-state index in [1.54, 1.807) is 7.11 Å². The molecule has 1 amide bonds. The third-order valence-electron chi connectivity index (χ3n) is 2.83. The Balaban J connectivity index is 2.09. The maximum Gasteiger partial charge on any atom is 0.223 e. The highest BCUT2D eigenvalue weighted by molar-refractivity contribution is 7.99. The number of carbonyl (C=O) groups is 1. The molecule has 94 valence electrons. The lowest BCUT2D eigenvalue weighted by Crippen LogP contribution is -2.35. The maximum atomic E-state index is 11.8. The number of likely N-dealkylation sites (tertiary alicyclic amines) is 1. The molecule has 16 heavy (non-hydrogen) atoms. The summed E-state index contributed by atoms with van der Waals surface area (Å²) in [4.78, 5) is 13.8. The molecule has 0 N–H and O–H groups in total. The van der Waals surface area contributed by atoms with Gasteiger partial charge in [-0.05, 0) is 19.3 Å². The van der Waals surface area contributed by atoms with Crippen LogP contribution in [0.1, 0.15) is 32.6 Å². The van der Waals surface area contributed by atoms with Crippen molar-refractivity contribution < 1.29 is 9.53 Å². The van der Waals surface area contributed by atoms with Crippen molar-refractivity contribution in [3.05, 3.63) is 0 Å². The average molecular weight is 245 g/mol. The molecule has 1 rings (SSSR count). The Bertz CT molecular complexity index is 205. The van der Waals surface area contributed by atoms with Crippen LogP contribution in [0.4, 0.5) is 0 Å². The van der Waals surface area contributed by atoms with Gasteiger partial charge < -0.3 is 9.64 Å². The minimum Gasteiger partial charge on any atom is -0.384 e. The van der Waals surface area contributed by atoms with E-state index in [0.717, 1.165) is 25.4 Å². The average Bonchev–Trinajstić information content (AvgIpc) is 2.30. The van der Waals surface area contributed by atoms with Crippen LogP contribution in [0.3, 0.4) is 0 Å². The number of carbonyl (C=O) groups excluding carboxylic acids is 1. The number of hydrogen-bond acceptors (Lipinski definition) is 3. The summed E-state index contributed by atoms with van der Waals surface area (Å²) in [5, 5.41) is 0.485. The van der Waals surface area contributed by atoms with Crippen LogP contribution in [0.25, 0.3) is 0 Å². The Labute approximate surface area is 103 Å². The molecule has 0 radical (unpaired) electrons. The quantitative estimate of drug-likeness (QED) is 0.718. The smallest absolute Gasteiger partial charge is 0.223 e. The number of thioether (sulfide) groups is 1. The van der Waals surface area contributed by atoms with Crippen molar-refractivity contribution in [2.24, 2.45) is 0 Å². The van der Waals surface area contributed by atoms with Gasteiger partial charge in [0.05, 0.1) is 6.61 Å². The summed E-state index contributed by atoms with van der Waals surface area (Å²) in [6.45, 7) is 4.84. The van der Waals surface area contributed by atoms with E-state index in [4.69, 9.17) is 4.74 Å². The van der Waals surface area contributed by atoms with Crippen molar-refractivity contribution >= 4 is 17.7 Å². The van der Waals surface area contributed by atoms with Gasteiger partial charge in [0, 0.05) is 37.6 Å².